The van der Waals surface area contributed by atoms with Crippen molar-refractivity contribution in [2.75, 3.05) is 4.90 Å². The zero-order valence-corrected chi connectivity index (χ0v) is 33.6. The highest BCUT2D eigenvalue weighted by Crippen LogP contribution is 2.42. The molecule has 5 nitrogen and oxygen atoms in total. The van der Waals surface area contributed by atoms with Gasteiger partial charge in [-0.3, -0.25) is 4.98 Å². The van der Waals surface area contributed by atoms with Gasteiger partial charge in [-0.05, 0) is 101 Å². The van der Waals surface area contributed by atoms with E-state index < -0.39 is 0 Å². The van der Waals surface area contributed by atoms with E-state index in [4.69, 9.17) is 15.0 Å². The van der Waals surface area contributed by atoms with Crippen molar-refractivity contribution in [2.45, 2.75) is 0 Å². The molecule has 12 aromatic rings. The third-order valence-electron chi connectivity index (χ3n) is 12.0. The zero-order valence-electron chi connectivity index (χ0n) is 33.6. The minimum absolute atomic E-state index is 0.847. The van der Waals surface area contributed by atoms with Crippen molar-refractivity contribution in [3.8, 4) is 39.3 Å². The fourth-order valence-corrected chi connectivity index (χ4v) is 9.11. The number of nitrogens with zero attached hydrogens (tertiary/aromatic N) is 5. The van der Waals surface area contributed by atoms with E-state index in [2.05, 4.69) is 179 Å². The molecule has 0 saturated carbocycles. The van der Waals surface area contributed by atoms with Gasteiger partial charge in [0.05, 0.1) is 44.7 Å². The molecule has 0 aliphatic heterocycles. The lowest BCUT2D eigenvalue weighted by molar-refractivity contribution is 1.17. The third-order valence-corrected chi connectivity index (χ3v) is 12.0. The molecule has 5 heteroatoms. The average Bonchev–Trinajstić information content (AvgIpc) is 3.68. The van der Waals surface area contributed by atoms with E-state index in [1.807, 2.05) is 54.7 Å². The molecule has 0 radical (unpaired) electrons. The van der Waals surface area contributed by atoms with Gasteiger partial charge in [0.25, 0.3) is 0 Å². The van der Waals surface area contributed by atoms with E-state index in [-0.39, 0.29) is 0 Å². The summed E-state index contributed by atoms with van der Waals surface area (Å²) in [6.45, 7) is 0. The Labute approximate surface area is 358 Å². The van der Waals surface area contributed by atoms with Gasteiger partial charge in [-0.25, -0.2) is 9.97 Å². The van der Waals surface area contributed by atoms with Crippen LogP contribution in [0.4, 0.5) is 17.1 Å². The lowest BCUT2D eigenvalue weighted by Crippen LogP contribution is -2.11. The molecule has 62 heavy (non-hydrogen) atoms. The molecule has 0 bridgehead atoms. The van der Waals surface area contributed by atoms with Crippen LogP contribution in [-0.2, 0) is 0 Å². The first kappa shape index (κ1) is 35.5. The maximum absolute atomic E-state index is 5.17. The fourth-order valence-electron chi connectivity index (χ4n) is 9.11. The molecule has 3 aromatic heterocycles. The summed E-state index contributed by atoms with van der Waals surface area (Å²) in [6.07, 6.45) is 1.87. The highest BCUT2D eigenvalue weighted by molar-refractivity contribution is 6.11. The SMILES string of the molecule is c1ccc(-c2nc3ccccc3nc2-c2ccc(N(c3ccc(-n4c5ccccc5c5cc(-c6cccc7ccccc67)ccc54)cc3)c3cccc4cccnc34)cc2)cc1. The van der Waals surface area contributed by atoms with Gasteiger partial charge in [0.15, 0.2) is 0 Å². The normalized spacial score (nSPS) is 11.5. The van der Waals surface area contributed by atoms with Crippen molar-refractivity contribution in [3.05, 3.63) is 225 Å². The maximum Gasteiger partial charge on any atom is 0.0973 e. The Morgan fingerprint density at radius 2 is 0.968 bits per heavy atom. The zero-order chi connectivity index (χ0) is 41.0. The minimum atomic E-state index is 0.847. The molecule has 3 heterocycles. The first-order valence-electron chi connectivity index (χ1n) is 20.9. The summed E-state index contributed by atoms with van der Waals surface area (Å²) in [5.41, 5.74) is 15.3. The summed E-state index contributed by atoms with van der Waals surface area (Å²) >= 11 is 0. The molecule has 0 aliphatic carbocycles. The predicted molar refractivity (Wildman–Crippen MR) is 258 cm³/mol. The molecule has 0 saturated heterocycles. The van der Waals surface area contributed by atoms with E-state index in [9.17, 15) is 0 Å². The highest BCUT2D eigenvalue weighted by atomic mass is 15.1. The third kappa shape index (κ3) is 5.98. The van der Waals surface area contributed by atoms with Gasteiger partial charge in [0.1, 0.15) is 0 Å². The summed E-state index contributed by atoms with van der Waals surface area (Å²) < 4.78 is 2.38. The van der Waals surface area contributed by atoms with Gasteiger partial charge < -0.3 is 9.47 Å². The van der Waals surface area contributed by atoms with Crippen molar-refractivity contribution in [1.82, 2.24) is 19.5 Å². The van der Waals surface area contributed by atoms with E-state index in [1.165, 1.54) is 43.7 Å². The lowest BCUT2D eigenvalue weighted by atomic mass is 9.97. The van der Waals surface area contributed by atoms with Gasteiger partial charge in [-0.15, -0.1) is 0 Å². The van der Waals surface area contributed by atoms with Crippen LogP contribution in [0.1, 0.15) is 0 Å². The standard InChI is InChI=1S/C57H37N5/c1-2-14-40(15-3-1)56-57(60-51-23-8-7-22-50(51)59-56)41-26-29-43(30-27-41)61(54-25-11-17-39-18-12-36-58-55(39)54)44-31-33-45(34-32-44)62-52-24-9-6-20-48(52)49-37-42(28-35-53(49)62)47-21-10-16-38-13-4-5-19-46(38)47/h1-37H. The van der Waals surface area contributed by atoms with Crippen LogP contribution in [-0.4, -0.2) is 19.5 Å². The van der Waals surface area contributed by atoms with E-state index in [1.54, 1.807) is 0 Å². The summed E-state index contributed by atoms with van der Waals surface area (Å²) in [4.78, 5) is 17.5. The van der Waals surface area contributed by atoms with Crippen LogP contribution in [0.5, 0.6) is 0 Å². The molecule has 0 aliphatic rings. The lowest BCUT2D eigenvalue weighted by Gasteiger charge is -2.27. The predicted octanol–water partition coefficient (Wildman–Crippen LogP) is 14.9. The molecule has 0 unspecified atom stereocenters. The smallest absolute Gasteiger partial charge is 0.0973 e. The Morgan fingerprint density at radius 1 is 0.387 bits per heavy atom. The monoisotopic (exact) mass is 791 g/mol. The quantitative estimate of drug-likeness (QED) is 0.161. The Kier molecular flexibility index (Phi) is 8.42. The Hall–Kier alpha value is -8.41. The van der Waals surface area contributed by atoms with Crippen LogP contribution in [0.15, 0.2) is 225 Å². The van der Waals surface area contributed by atoms with Crippen LogP contribution in [0.25, 0.3) is 93.8 Å². The van der Waals surface area contributed by atoms with Gasteiger partial charge in [0, 0.05) is 50.5 Å². The van der Waals surface area contributed by atoms with E-state index in [0.717, 1.165) is 67.2 Å². The second-order valence-electron chi connectivity index (χ2n) is 15.6. The number of anilines is 3. The highest BCUT2D eigenvalue weighted by Gasteiger charge is 2.20. The van der Waals surface area contributed by atoms with E-state index >= 15 is 0 Å². The van der Waals surface area contributed by atoms with Crippen LogP contribution < -0.4 is 4.90 Å². The minimum Gasteiger partial charge on any atom is -0.309 e. The summed E-state index contributed by atoms with van der Waals surface area (Å²) in [6, 6.07) is 77.3. The summed E-state index contributed by atoms with van der Waals surface area (Å²) in [5, 5.41) is 6.03. The number of rotatable bonds is 7. The van der Waals surface area contributed by atoms with Crippen molar-refractivity contribution in [2.24, 2.45) is 0 Å². The van der Waals surface area contributed by atoms with Crippen molar-refractivity contribution >= 4 is 71.6 Å². The number of hydrogen-bond donors (Lipinski definition) is 0. The largest absolute Gasteiger partial charge is 0.309 e. The molecular formula is C57H37N5. The Bertz CT molecular complexity index is 3620. The van der Waals surface area contributed by atoms with Gasteiger partial charge in [-0.2, -0.15) is 0 Å². The van der Waals surface area contributed by atoms with Gasteiger partial charge >= 0.3 is 0 Å². The first-order valence-corrected chi connectivity index (χ1v) is 20.9. The molecular weight excluding hydrogens is 755 g/mol. The molecule has 0 atom stereocenters. The number of aromatic nitrogens is 4. The van der Waals surface area contributed by atoms with Crippen LogP contribution in [0.3, 0.4) is 0 Å². The Balaban J connectivity index is 0.976. The van der Waals surface area contributed by atoms with Gasteiger partial charge in [-0.1, -0.05) is 140 Å². The van der Waals surface area contributed by atoms with Crippen molar-refractivity contribution in [1.29, 1.82) is 0 Å². The van der Waals surface area contributed by atoms with Crippen molar-refractivity contribution in [3.63, 3.8) is 0 Å². The van der Waals surface area contributed by atoms with Crippen LogP contribution in [0, 0.1) is 0 Å². The second-order valence-corrected chi connectivity index (χ2v) is 15.6. The topological polar surface area (TPSA) is 46.8 Å². The first-order chi connectivity index (χ1) is 30.7. The van der Waals surface area contributed by atoms with Crippen LogP contribution in [0.2, 0.25) is 0 Å². The molecule has 290 valence electrons. The number of hydrogen-bond acceptors (Lipinski definition) is 4. The number of benzene rings is 9. The van der Waals surface area contributed by atoms with E-state index in [0.29, 0.717) is 0 Å². The number of para-hydroxylation sites is 4. The average molecular weight is 792 g/mol. The molecule has 9 aromatic carbocycles. The number of fused-ring (bicyclic) bond motifs is 6. The molecule has 12 rings (SSSR count). The second kappa shape index (κ2) is 14.7. The summed E-state index contributed by atoms with van der Waals surface area (Å²) in [7, 11) is 0. The molecule has 0 spiro atoms. The molecule has 0 amide bonds. The molecule has 0 fully saturated rings. The fraction of sp³-hybridized carbons (Fsp3) is 0. The summed E-state index contributed by atoms with van der Waals surface area (Å²) in [5.74, 6) is 0. The number of pyridine rings is 1. The van der Waals surface area contributed by atoms with Crippen LogP contribution >= 0.6 is 0 Å². The van der Waals surface area contributed by atoms with Crippen molar-refractivity contribution < 1.29 is 0 Å². The maximum atomic E-state index is 5.17. The van der Waals surface area contributed by atoms with Gasteiger partial charge in [0.2, 0.25) is 0 Å². The Morgan fingerprint density at radius 3 is 1.76 bits per heavy atom. The molecule has 0 N–H and O–H groups in total.